The van der Waals surface area contributed by atoms with Crippen LogP contribution in [0, 0.1) is 11.3 Å². The molecule has 0 aliphatic rings. The number of aromatic nitrogens is 3. The van der Waals surface area contributed by atoms with Crippen molar-refractivity contribution < 1.29 is 4.74 Å². The van der Waals surface area contributed by atoms with E-state index in [1.807, 2.05) is 16.8 Å². The first kappa shape index (κ1) is 16.4. The zero-order valence-corrected chi connectivity index (χ0v) is 15.5. The molecule has 0 fully saturated rings. The van der Waals surface area contributed by atoms with Gasteiger partial charge in [-0.05, 0) is 33.6 Å². The summed E-state index contributed by atoms with van der Waals surface area (Å²) >= 11 is 9.30. The zero-order chi connectivity index (χ0) is 15.6. The average molecular weight is 388 g/mol. The molecular formula is C13H16BrClN4OSi. The predicted octanol–water partition coefficient (Wildman–Crippen LogP) is 4.03. The lowest BCUT2D eigenvalue weighted by atomic mass is 10.3. The standard InChI is InChI=1S/C13H16BrClN4OSi/c1-21(2,3)5-4-20-8-19-7-9(14)11-10(6-16)17-13(15)18-12(11)19/h7H,4-5,8H2,1-3H3. The maximum absolute atomic E-state index is 9.14. The largest absolute Gasteiger partial charge is 0.361 e. The normalized spacial score (nSPS) is 11.8. The van der Waals surface area contributed by atoms with Crippen LogP contribution in [0.15, 0.2) is 10.7 Å². The van der Waals surface area contributed by atoms with Gasteiger partial charge in [-0.3, -0.25) is 0 Å². The van der Waals surface area contributed by atoms with Gasteiger partial charge < -0.3 is 9.30 Å². The van der Waals surface area contributed by atoms with Crippen LogP contribution < -0.4 is 0 Å². The summed E-state index contributed by atoms with van der Waals surface area (Å²) in [6, 6.07) is 3.14. The lowest BCUT2D eigenvalue weighted by molar-refractivity contribution is 0.0898. The molecule has 0 aromatic carbocycles. The van der Waals surface area contributed by atoms with Crippen LogP contribution in [0.4, 0.5) is 0 Å². The molecule has 0 amide bonds. The van der Waals surface area contributed by atoms with E-state index < -0.39 is 8.07 Å². The Hall–Kier alpha value is -0.943. The fourth-order valence-corrected chi connectivity index (χ4v) is 3.37. The van der Waals surface area contributed by atoms with Gasteiger partial charge in [-0.15, -0.1) is 0 Å². The van der Waals surface area contributed by atoms with Gasteiger partial charge in [0.25, 0.3) is 0 Å². The van der Waals surface area contributed by atoms with Crippen molar-refractivity contribution >= 4 is 46.6 Å². The molecule has 2 rings (SSSR count). The van der Waals surface area contributed by atoms with Crippen LogP contribution >= 0.6 is 27.5 Å². The van der Waals surface area contributed by atoms with Crippen molar-refractivity contribution in [3.8, 4) is 6.07 Å². The number of fused-ring (bicyclic) bond motifs is 1. The summed E-state index contributed by atoms with van der Waals surface area (Å²) in [6.45, 7) is 8.03. The SMILES string of the molecule is C[Si](C)(C)CCOCn1cc(Br)c2c(C#N)nc(Cl)nc21. The maximum atomic E-state index is 9.14. The molecule has 0 radical (unpaired) electrons. The van der Waals surface area contributed by atoms with Gasteiger partial charge in [0.15, 0.2) is 5.69 Å². The van der Waals surface area contributed by atoms with Gasteiger partial charge in [-0.1, -0.05) is 19.6 Å². The topological polar surface area (TPSA) is 63.7 Å². The van der Waals surface area contributed by atoms with Crippen molar-refractivity contribution in [3.05, 3.63) is 21.6 Å². The van der Waals surface area contributed by atoms with Gasteiger partial charge in [0.2, 0.25) is 5.28 Å². The lowest BCUT2D eigenvalue weighted by Crippen LogP contribution is -2.22. The number of rotatable bonds is 5. The molecule has 112 valence electrons. The highest BCUT2D eigenvalue weighted by Crippen LogP contribution is 2.28. The molecule has 2 aromatic rings. The third kappa shape index (κ3) is 4.04. The van der Waals surface area contributed by atoms with E-state index in [4.69, 9.17) is 21.6 Å². The molecule has 0 aliphatic heterocycles. The third-order valence-corrected chi connectivity index (χ3v) is 5.45. The molecule has 0 spiro atoms. The highest BCUT2D eigenvalue weighted by atomic mass is 79.9. The summed E-state index contributed by atoms with van der Waals surface area (Å²) in [5.74, 6) is 0. The Morgan fingerprint density at radius 2 is 2.14 bits per heavy atom. The molecule has 2 aromatic heterocycles. The Kier molecular flexibility index (Phi) is 5.04. The van der Waals surface area contributed by atoms with Gasteiger partial charge in [0.1, 0.15) is 18.4 Å². The predicted molar refractivity (Wildman–Crippen MR) is 89.1 cm³/mol. The van der Waals surface area contributed by atoms with Crippen LogP contribution in [0.3, 0.4) is 0 Å². The minimum absolute atomic E-state index is 0.0630. The molecule has 5 nitrogen and oxygen atoms in total. The number of hydrogen-bond donors (Lipinski definition) is 0. The summed E-state index contributed by atoms with van der Waals surface area (Å²) in [5.41, 5.74) is 0.865. The summed E-state index contributed by atoms with van der Waals surface area (Å²) in [6.07, 6.45) is 1.84. The van der Waals surface area contributed by atoms with E-state index in [1.54, 1.807) is 0 Å². The average Bonchev–Trinajstić information content (AvgIpc) is 2.69. The number of hydrogen-bond acceptors (Lipinski definition) is 4. The molecule has 0 aliphatic carbocycles. The Bertz CT molecular complexity index is 705. The van der Waals surface area contributed by atoms with E-state index in [0.29, 0.717) is 17.8 Å². The third-order valence-electron chi connectivity index (χ3n) is 2.98. The quantitative estimate of drug-likeness (QED) is 0.441. The second kappa shape index (κ2) is 6.44. The number of ether oxygens (including phenoxy) is 1. The van der Waals surface area contributed by atoms with Gasteiger partial charge >= 0.3 is 0 Å². The minimum Gasteiger partial charge on any atom is -0.361 e. The Morgan fingerprint density at radius 3 is 2.76 bits per heavy atom. The molecule has 0 N–H and O–H groups in total. The van der Waals surface area contributed by atoms with E-state index in [2.05, 4.69) is 45.5 Å². The smallest absolute Gasteiger partial charge is 0.225 e. The van der Waals surface area contributed by atoms with Gasteiger partial charge in [0.05, 0.1) is 5.39 Å². The van der Waals surface area contributed by atoms with Crippen LogP contribution in [0.2, 0.25) is 31.0 Å². The molecule has 2 heterocycles. The Labute approximate surface area is 138 Å². The molecule has 0 atom stereocenters. The maximum Gasteiger partial charge on any atom is 0.225 e. The van der Waals surface area contributed by atoms with E-state index >= 15 is 0 Å². The molecular weight excluding hydrogens is 372 g/mol. The Balaban J connectivity index is 2.22. The van der Waals surface area contributed by atoms with E-state index in [0.717, 1.165) is 17.1 Å². The van der Waals surface area contributed by atoms with Crippen molar-refractivity contribution in [1.82, 2.24) is 14.5 Å². The summed E-state index contributed by atoms with van der Waals surface area (Å²) < 4.78 is 8.32. The first-order valence-corrected chi connectivity index (χ1v) is 11.4. The fraction of sp³-hybridized carbons (Fsp3) is 0.462. The van der Waals surface area contributed by atoms with E-state index in [9.17, 15) is 0 Å². The van der Waals surface area contributed by atoms with Crippen LogP contribution in [-0.2, 0) is 11.5 Å². The van der Waals surface area contributed by atoms with Crippen molar-refractivity contribution in [1.29, 1.82) is 5.26 Å². The van der Waals surface area contributed by atoms with Crippen molar-refractivity contribution in [2.24, 2.45) is 0 Å². The van der Waals surface area contributed by atoms with Crippen molar-refractivity contribution in [2.75, 3.05) is 6.61 Å². The van der Waals surface area contributed by atoms with Gasteiger partial charge in [-0.25, -0.2) is 4.98 Å². The first-order valence-electron chi connectivity index (χ1n) is 6.51. The Morgan fingerprint density at radius 1 is 1.43 bits per heavy atom. The number of nitrogens with zero attached hydrogens (tertiary/aromatic N) is 4. The van der Waals surface area contributed by atoms with Crippen molar-refractivity contribution in [3.63, 3.8) is 0 Å². The molecule has 8 heteroatoms. The second-order valence-corrected chi connectivity index (χ2v) is 12.8. The van der Waals surface area contributed by atoms with Gasteiger partial charge in [-0.2, -0.15) is 10.2 Å². The first-order chi connectivity index (χ1) is 9.81. The molecule has 0 saturated carbocycles. The minimum atomic E-state index is -1.10. The molecule has 0 bridgehead atoms. The molecule has 0 unspecified atom stereocenters. The van der Waals surface area contributed by atoms with Gasteiger partial charge in [0, 0.05) is 25.4 Å². The summed E-state index contributed by atoms with van der Waals surface area (Å²) in [7, 11) is -1.10. The number of nitriles is 1. The monoisotopic (exact) mass is 386 g/mol. The van der Waals surface area contributed by atoms with E-state index in [-0.39, 0.29) is 11.0 Å². The van der Waals surface area contributed by atoms with Crippen molar-refractivity contribution in [2.45, 2.75) is 32.4 Å². The fourth-order valence-electron chi connectivity index (χ4n) is 1.83. The molecule has 0 saturated heterocycles. The van der Waals surface area contributed by atoms with Crippen LogP contribution in [0.1, 0.15) is 5.69 Å². The number of halogens is 2. The van der Waals surface area contributed by atoms with Crippen LogP contribution in [0.5, 0.6) is 0 Å². The highest BCUT2D eigenvalue weighted by molar-refractivity contribution is 9.10. The molecule has 21 heavy (non-hydrogen) atoms. The van der Waals surface area contributed by atoms with Crippen LogP contribution in [0.25, 0.3) is 11.0 Å². The van der Waals surface area contributed by atoms with E-state index in [1.165, 1.54) is 0 Å². The highest BCUT2D eigenvalue weighted by Gasteiger charge is 2.16. The summed E-state index contributed by atoms with van der Waals surface area (Å²) in [5, 5.41) is 9.87. The second-order valence-electron chi connectivity index (χ2n) is 5.95. The lowest BCUT2D eigenvalue weighted by Gasteiger charge is -2.15. The zero-order valence-electron chi connectivity index (χ0n) is 12.2. The summed E-state index contributed by atoms with van der Waals surface area (Å²) in [4.78, 5) is 8.13. The van der Waals surface area contributed by atoms with Crippen LogP contribution in [-0.4, -0.2) is 29.2 Å².